The van der Waals surface area contributed by atoms with Crippen molar-refractivity contribution in [2.75, 3.05) is 32.7 Å². The Morgan fingerprint density at radius 1 is 0.400 bits per heavy atom. The molecule has 0 aromatic heterocycles. The van der Waals surface area contributed by atoms with E-state index in [0.29, 0.717) is 32.1 Å². The quantitative estimate of drug-likeness (QED) is 0.0153. The Morgan fingerprint density at radius 3 is 1.17 bits per heavy atom. The van der Waals surface area contributed by atoms with Gasteiger partial charge in [-0.15, -0.1) is 0 Å². The number of rotatable bonds is 46. The number of carbonyl (C=O) groups excluding carboxylic acids is 12. The highest BCUT2D eigenvalue weighted by Gasteiger charge is 2.43. The molecule has 0 unspecified atom stereocenters. The van der Waals surface area contributed by atoms with Crippen LogP contribution < -0.4 is 111 Å². The highest BCUT2D eigenvalue weighted by Crippen LogP contribution is 2.23. The van der Waals surface area contributed by atoms with Gasteiger partial charge in [0.25, 0.3) is 0 Å². The van der Waals surface area contributed by atoms with Gasteiger partial charge in [-0.2, -0.15) is 0 Å². The molecule has 12 amide bonds. The summed E-state index contributed by atoms with van der Waals surface area (Å²) in [5, 5.41) is 26.9. The molecule has 568 valence electrons. The summed E-state index contributed by atoms with van der Waals surface area (Å²) in [6.07, 6.45) is 2.65. The monoisotopic (exact) mass is 1420 g/mol. The zero-order chi connectivity index (χ0) is 76.3. The van der Waals surface area contributed by atoms with Gasteiger partial charge in [-0.05, 0) is 114 Å². The topological polar surface area (TPSA) is 638 Å². The highest BCUT2D eigenvalue weighted by molar-refractivity contribution is 6.00. The Balaban J connectivity index is 3.50. The second kappa shape index (κ2) is 45.4. The molecular formula is C63H119N25O12. The average molecular weight is 1420 g/mol. The molecular weight excluding hydrogens is 1300 g/mol. The molecule has 37 nitrogen and oxygen atoms in total. The summed E-state index contributed by atoms with van der Waals surface area (Å²) < 4.78 is 0. The number of nitrogens with zero attached hydrogens (tertiary/aromatic N) is 5. The predicted molar refractivity (Wildman–Crippen MR) is 380 cm³/mol. The molecule has 0 radical (unpaired) electrons. The number of hydrogen-bond donors (Lipinski definition) is 20. The first kappa shape index (κ1) is 88.7. The Hall–Kier alpha value is -9.32. The zero-order valence-electron chi connectivity index (χ0n) is 60.5. The predicted octanol–water partition coefficient (Wildman–Crippen LogP) is -5.66. The van der Waals surface area contributed by atoms with Crippen LogP contribution in [-0.4, -0.2) is 205 Å². The third-order valence-corrected chi connectivity index (χ3v) is 16.8. The largest absolute Gasteiger partial charge is 0.370 e. The van der Waals surface area contributed by atoms with Crippen LogP contribution in [0.1, 0.15) is 167 Å². The van der Waals surface area contributed by atoms with E-state index >= 15 is 0 Å². The third kappa shape index (κ3) is 32.6. The molecule has 30 N–H and O–H groups in total. The van der Waals surface area contributed by atoms with Gasteiger partial charge in [0.05, 0.1) is 6.04 Å². The smallest absolute Gasteiger partial charge is 0.246 e. The molecule has 1 heterocycles. The standard InChI is InChI=1S/C63H119N25O12/c1-13-34(9)46(57(98)82-41(23-18-28-77-63(72)73)52(93)84-44(32(5)6)56(97)79-37(12)49(90)80-39(48(65)89)21-16-26-75-61(68)69)87-55(96)43-24-19-29-88(43)59(100)45(33(7)8)85-58(99)47(35(10)14-2)86-53(94)40(22-17-27-76-62(70)71)81-50(91)36(11)78-54(95)42(30-31(3)4)83-51(92)38(64)20-15-25-74-60(66)67/h31-47H,13-30,64H2,1-12H3,(H2,65,89)(H,78,95)(H,79,97)(H,80,90)(H,81,91)(H,82,98)(H,83,92)(H,84,93)(H,85,99)(H,86,94)(H,87,96)(H4,66,67,74)(H4,68,69,75)(H4,70,71,76)(H4,72,73,77)/t34-,35-,36-,37-,38-,39-,40-,41-,42-,43-,44-,45-,46-,47-/m0/s1. The Kier molecular flexibility index (Phi) is 40.2. The molecule has 1 fully saturated rings. The maximum absolute atomic E-state index is 14.8. The van der Waals surface area contributed by atoms with Crippen molar-refractivity contribution in [3.63, 3.8) is 0 Å². The third-order valence-electron chi connectivity index (χ3n) is 16.8. The Bertz CT molecular complexity index is 2840. The van der Waals surface area contributed by atoms with E-state index in [-0.39, 0.29) is 114 Å². The lowest BCUT2D eigenvalue weighted by atomic mass is 9.95. The first-order chi connectivity index (χ1) is 46.8. The second-order valence-corrected chi connectivity index (χ2v) is 26.5. The fourth-order valence-electron chi connectivity index (χ4n) is 10.5. The lowest BCUT2D eigenvalue weighted by molar-refractivity contribution is -0.144. The zero-order valence-corrected chi connectivity index (χ0v) is 60.5. The van der Waals surface area contributed by atoms with E-state index in [2.05, 4.69) is 73.1 Å². The van der Waals surface area contributed by atoms with Crippen LogP contribution in [0.25, 0.3) is 0 Å². The molecule has 1 aliphatic rings. The molecule has 1 saturated heterocycles. The summed E-state index contributed by atoms with van der Waals surface area (Å²) >= 11 is 0. The van der Waals surface area contributed by atoms with E-state index in [1.54, 1.807) is 55.4 Å². The van der Waals surface area contributed by atoms with Crippen molar-refractivity contribution in [1.82, 2.24) is 58.1 Å². The van der Waals surface area contributed by atoms with Crippen LogP contribution in [0.5, 0.6) is 0 Å². The molecule has 0 aliphatic carbocycles. The molecule has 37 heteroatoms. The van der Waals surface area contributed by atoms with E-state index in [0.717, 1.165) is 0 Å². The normalized spacial score (nSPS) is 16.6. The Morgan fingerprint density at radius 2 is 0.750 bits per heavy atom. The summed E-state index contributed by atoms with van der Waals surface area (Å²) in [7, 11) is 0. The summed E-state index contributed by atoms with van der Waals surface area (Å²) in [4.78, 5) is 184. The van der Waals surface area contributed by atoms with Crippen molar-refractivity contribution >= 4 is 94.7 Å². The van der Waals surface area contributed by atoms with Gasteiger partial charge in [0, 0.05) is 32.7 Å². The van der Waals surface area contributed by atoms with Gasteiger partial charge in [-0.25, -0.2) is 0 Å². The summed E-state index contributed by atoms with van der Waals surface area (Å²) in [5.41, 5.74) is 55.4. The van der Waals surface area contributed by atoms with E-state index in [9.17, 15) is 57.5 Å². The van der Waals surface area contributed by atoms with Crippen molar-refractivity contribution in [1.29, 1.82) is 0 Å². The van der Waals surface area contributed by atoms with Gasteiger partial charge in [0.15, 0.2) is 23.8 Å². The van der Waals surface area contributed by atoms with E-state index < -0.39 is 167 Å². The molecule has 100 heavy (non-hydrogen) atoms. The average Bonchev–Trinajstić information content (AvgIpc) is 1.62. The van der Waals surface area contributed by atoms with Crippen LogP contribution in [0, 0.1) is 29.6 Å². The number of nitrogens with one attached hydrogen (secondary N) is 10. The van der Waals surface area contributed by atoms with Crippen LogP contribution in [-0.2, 0) is 57.5 Å². The van der Waals surface area contributed by atoms with Crippen LogP contribution in [0.2, 0.25) is 0 Å². The number of primary amides is 1. The van der Waals surface area contributed by atoms with E-state index in [1.807, 2.05) is 13.8 Å². The molecule has 0 bridgehead atoms. The number of nitrogens with two attached hydrogens (primary N) is 10. The molecule has 0 saturated carbocycles. The minimum Gasteiger partial charge on any atom is -0.370 e. The maximum Gasteiger partial charge on any atom is 0.246 e. The SMILES string of the molecule is CC[C@H](C)[C@H](NC(=O)[C@H](CCCN=C(N)N)NC(=O)[C@H](C)NC(=O)[C@H](CC(C)C)NC(=O)[C@@H](N)CCCN=C(N)N)C(=O)N[C@H](C(=O)N1CCC[C@H]1C(=O)N[C@H](C(=O)N[C@@H](CCCN=C(N)N)C(=O)N[C@H](C(=O)N[C@@H](C)C(=O)N[C@@H](CCCN=C(N)N)C(N)=O)C(C)C)[C@@H](C)CC)C(C)C. The first-order valence-electron chi connectivity index (χ1n) is 34.4. The van der Waals surface area contributed by atoms with Crippen molar-refractivity contribution in [3.05, 3.63) is 0 Å². The highest BCUT2D eigenvalue weighted by atomic mass is 16.2. The number of hydrogen-bond acceptors (Lipinski definition) is 17. The van der Waals surface area contributed by atoms with Gasteiger partial charge in [-0.3, -0.25) is 77.5 Å². The minimum absolute atomic E-state index is 0.0446. The molecule has 1 rings (SSSR count). The summed E-state index contributed by atoms with van der Waals surface area (Å²) in [6, 6.07) is -14.6. The lowest BCUT2D eigenvalue weighted by Gasteiger charge is -2.34. The van der Waals surface area contributed by atoms with Gasteiger partial charge in [0.2, 0.25) is 70.9 Å². The van der Waals surface area contributed by atoms with Gasteiger partial charge in [0.1, 0.15) is 66.5 Å². The second-order valence-electron chi connectivity index (χ2n) is 26.5. The van der Waals surface area contributed by atoms with Gasteiger partial charge < -0.3 is 115 Å². The lowest BCUT2D eigenvalue weighted by Crippen LogP contribution is -2.62. The number of amides is 12. The molecule has 0 aromatic carbocycles. The number of likely N-dealkylation sites (tertiary alicyclic amines) is 1. The fraction of sp³-hybridized carbons (Fsp3) is 0.746. The number of guanidine groups is 4. The van der Waals surface area contributed by atoms with Crippen molar-refractivity contribution in [2.24, 2.45) is 107 Å². The number of aliphatic imine (C=N–C) groups is 4. The molecule has 0 spiro atoms. The summed E-state index contributed by atoms with van der Waals surface area (Å²) in [5.74, 6) is -11.9. The van der Waals surface area contributed by atoms with E-state index in [1.165, 1.54) is 18.7 Å². The fourth-order valence-corrected chi connectivity index (χ4v) is 10.5. The molecule has 14 atom stereocenters. The molecule has 0 aromatic rings. The first-order valence-corrected chi connectivity index (χ1v) is 34.4. The van der Waals surface area contributed by atoms with Crippen LogP contribution in [0.15, 0.2) is 20.0 Å². The Labute approximate surface area is 587 Å². The van der Waals surface area contributed by atoms with Gasteiger partial charge in [-0.1, -0.05) is 82.1 Å². The summed E-state index contributed by atoms with van der Waals surface area (Å²) in [6.45, 7) is 20.7. The van der Waals surface area contributed by atoms with Crippen molar-refractivity contribution in [2.45, 2.75) is 239 Å². The van der Waals surface area contributed by atoms with Crippen LogP contribution >= 0.6 is 0 Å². The van der Waals surface area contributed by atoms with Gasteiger partial charge >= 0.3 is 0 Å². The maximum atomic E-state index is 14.8. The molecule has 1 aliphatic heterocycles. The minimum atomic E-state index is -1.34. The number of carbonyl (C=O) groups is 12. The van der Waals surface area contributed by atoms with Crippen LogP contribution in [0.3, 0.4) is 0 Å². The van der Waals surface area contributed by atoms with Crippen LogP contribution in [0.4, 0.5) is 0 Å². The van der Waals surface area contributed by atoms with E-state index in [4.69, 9.17) is 57.3 Å². The van der Waals surface area contributed by atoms with Crippen molar-refractivity contribution < 1.29 is 57.5 Å². The van der Waals surface area contributed by atoms with Crippen molar-refractivity contribution in [3.8, 4) is 0 Å².